The molecule has 1 aromatic rings. The maximum atomic E-state index is 12.7. The van der Waals surface area contributed by atoms with E-state index in [-0.39, 0.29) is 42.1 Å². The zero-order valence-electron chi connectivity index (χ0n) is 20.7. The molecule has 200 valence electrons. The van der Waals surface area contributed by atoms with Crippen LogP contribution in [-0.2, 0) is 19.1 Å². The maximum absolute atomic E-state index is 12.7. The highest BCUT2D eigenvalue weighted by atomic mass is 35.5. The molecule has 13 heteroatoms. The van der Waals surface area contributed by atoms with Gasteiger partial charge in [0, 0.05) is 31.7 Å². The van der Waals surface area contributed by atoms with Crippen LogP contribution in [0.3, 0.4) is 0 Å². The molecule has 0 aromatic heterocycles. The molecule has 4 unspecified atom stereocenters. The molecule has 0 aliphatic carbocycles. The summed E-state index contributed by atoms with van der Waals surface area (Å²) >= 11 is 7.25. The smallest absolute Gasteiger partial charge is 0.414 e. The summed E-state index contributed by atoms with van der Waals surface area (Å²) < 4.78 is 6.08. The van der Waals surface area contributed by atoms with Gasteiger partial charge in [-0.3, -0.25) is 19.3 Å². The number of allylic oxidation sites excluding steroid dienone is 1. The molecule has 0 radical (unpaired) electrons. The SMILES string of the molecule is CC(=O)NC1CCN(c2ccc(N3CC(CNC(=O)C4CC=C(Cl)S4)OC3=O)cc2NC(=O)C(C)N)C1. The lowest BCUT2D eigenvalue weighted by Gasteiger charge is -2.25. The van der Waals surface area contributed by atoms with Crippen LogP contribution in [0, 0.1) is 0 Å². The normalized spacial score (nSPS) is 23.9. The van der Waals surface area contributed by atoms with Crippen molar-refractivity contribution in [2.75, 3.05) is 41.3 Å². The van der Waals surface area contributed by atoms with Gasteiger partial charge in [0.15, 0.2) is 0 Å². The van der Waals surface area contributed by atoms with E-state index in [1.165, 1.54) is 23.6 Å². The van der Waals surface area contributed by atoms with Gasteiger partial charge in [0.05, 0.1) is 40.1 Å². The van der Waals surface area contributed by atoms with E-state index in [0.29, 0.717) is 35.2 Å². The van der Waals surface area contributed by atoms with E-state index >= 15 is 0 Å². The van der Waals surface area contributed by atoms with Gasteiger partial charge in [-0.05, 0) is 38.0 Å². The van der Waals surface area contributed by atoms with Crippen molar-refractivity contribution in [3.8, 4) is 0 Å². The summed E-state index contributed by atoms with van der Waals surface area (Å²) in [4.78, 5) is 52.5. The molecule has 1 aromatic carbocycles. The van der Waals surface area contributed by atoms with Crippen LogP contribution < -0.4 is 31.5 Å². The van der Waals surface area contributed by atoms with Gasteiger partial charge in [0.1, 0.15) is 6.10 Å². The first-order chi connectivity index (χ1) is 17.6. The maximum Gasteiger partial charge on any atom is 0.414 e. The summed E-state index contributed by atoms with van der Waals surface area (Å²) in [6.45, 7) is 4.78. The highest BCUT2D eigenvalue weighted by Gasteiger charge is 2.34. The third-order valence-corrected chi connectivity index (χ3v) is 7.82. The van der Waals surface area contributed by atoms with Gasteiger partial charge in [-0.25, -0.2) is 4.79 Å². The zero-order chi connectivity index (χ0) is 26.7. The monoisotopic (exact) mass is 550 g/mol. The molecule has 4 rings (SSSR count). The van der Waals surface area contributed by atoms with Gasteiger partial charge in [0.2, 0.25) is 17.7 Å². The molecule has 2 saturated heterocycles. The Morgan fingerprint density at radius 1 is 1.30 bits per heavy atom. The fourth-order valence-electron chi connectivity index (χ4n) is 4.46. The molecule has 5 N–H and O–H groups in total. The highest BCUT2D eigenvalue weighted by molar-refractivity contribution is 8.06. The van der Waals surface area contributed by atoms with Gasteiger partial charge in [-0.15, -0.1) is 11.8 Å². The molecule has 3 heterocycles. The van der Waals surface area contributed by atoms with E-state index in [1.807, 2.05) is 6.07 Å². The molecule has 2 fully saturated rings. The molecule has 37 heavy (non-hydrogen) atoms. The number of benzene rings is 1. The Labute approximate surface area is 224 Å². The molecule has 0 saturated carbocycles. The van der Waals surface area contributed by atoms with Crippen molar-refractivity contribution in [1.29, 1.82) is 0 Å². The first kappa shape index (κ1) is 27.1. The first-order valence-electron chi connectivity index (χ1n) is 12.1. The number of nitrogens with one attached hydrogen (secondary N) is 3. The Morgan fingerprint density at radius 2 is 2.08 bits per heavy atom. The Bertz CT molecular complexity index is 1120. The lowest BCUT2D eigenvalue weighted by atomic mass is 10.2. The van der Waals surface area contributed by atoms with Crippen LogP contribution in [0.4, 0.5) is 21.9 Å². The van der Waals surface area contributed by atoms with Gasteiger partial charge in [-0.1, -0.05) is 17.7 Å². The number of nitrogens with zero attached hydrogens (tertiary/aromatic N) is 2. The van der Waals surface area contributed by atoms with Crippen LogP contribution in [0.1, 0.15) is 26.7 Å². The van der Waals surface area contributed by atoms with E-state index in [4.69, 9.17) is 22.1 Å². The number of carbonyl (C=O) groups excluding carboxylic acids is 4. The number of thioether (sulfide) groups is 1. The number of halogens is 1. The van der Waals surface area contributed by atoms with E-state index in [0.717, 1.165) is 12.1 Å². The average Bonchev–Trinajstić information content (AvgIpc) is 3.57. The van der Waals surface area contributed by atoms with E-state index in [9.17, 15) is 19.2 Å². The Morgan fingerprint density at radius 3 is 2.76 bits per heavy atom. The molecule has 4 amide bonds. The van der Waals surface area contributed by atoms with Crippen LogP contribution in [0.25, 0.3) is 0 Å². The lowest BCUT2D eigenvalue weighted by molar-refractivity contribution is -0.121. The average molecular weight is 551 g/mol. The summed E-state index contributed by atoms with van der Waals surface area (Å²) in [5.74, 6) is -0.603. The molecule has 0 bridgehead atoms. The quantitative estimate of drug-likeness (QED) is 0.382. The Hall–Kier alpha value is -2.96. The second kappa shape index (κ2) is 11.6. The summed E-state index contributed by atoms with van der Waals surface area (Å²) in [6, 6.07) is 4.61. The molecule has 3 aliphatic heterocycles. The fraction of sp³-hybridized carbons (Fsp3) is 0.500. The minimum atomic E-state index is -0.727. The minimum absolute atomic E-state index is 0.00753. The number of hydrogen-bond donors (Lipinski definition) is 4. The summed E-state index contributed by atoms with van der Waals surface area (Å²) in [5, 5.41) is 8.34. The highest BCUT2D eigenvalue weighted by Crippen LogP contribution is 2.36. The number of ether oxygens (including phenoxy) is 1. The van der Waals surface area contributed by atoms with Crippen molar-refractivity contribution in [2.24, 2.45) is 5.73 Å². The summed E-state index contributed by atoms with van der Waals surface area (Å²) in [5.41, 5.74) is 7.59. The molecule has 11 nitrogen and oxygen atoms in total. The Kier molecular flexibility index (Phi) is 8.50. The predicted octanol–water partition coefficient (Wildman–Crippen LogP) is 1.71. The fourth-order valence-corrected chi connectivity index (χ4v) is 5.72. The lowest BCUT2D eigenvalue weighted by Crippen LogP contribution is -2.38. The van der Waals surface area contributed by atoms with Crippen LogP contribution in [0.5, 0.6) is 0 Å². The van der Waals surface area contributed by atoms with Gasteiger partial charge in [-0.2, -0.15) is 0 Å². The van der Waals surface area contributed by atoms with Crippen molar-refractivity contribution in [3.05, 3.63) is 28.6 Å². The summed E-state index contributed by atoms with van der Waals surface area (Å²) in [7, 11) is 0. The van der Waals surface area contributed by atoms with Crippen molar-refractivity contribution in [3.63, 3.8) is 0 Å². The second-order valence-corrected chi connectivity index (χ2v) is 11.2. The number of carbonyl (C=O) groups is 4. The van der Waals surface area contributed by atoms with Gasteiger partial charge in [0.25, 0.3) is 0 Å². The molecule has 4 atom stereocenters. The number of cyclic esters (lactones) is 1. The minimum Gasteiger partial charge on any atom is -0.442 e. The number of hydrogen-bond acceptors (Lipinski definition) is 8. The molecular formula is C24H31ClN6O5S. The second-order valence-electron chi connectivity index (χ2n) is 9.32. The molecule has 3 aliphatic rings. The van der Waals surface area contributed by atoms with Crippen molar-refractivity contribution in [2.45, 2.75) is 50.1 Å². The largest absolute Gasteiger partial charge is 0.442 e. The number of amides is 4. The van der Waals surface area contributed by atoms with Crippen molar-refractivity contribution < 1.29 is 23.9 Å². The van der Waals surface area contributed by atoms with E-state index < -0.39 is 18.2 Å². The summed E-state index contributed by atoms with van der Waals surface area (Å²) in [6.07, 6.45) is 2.08. The topological polar surface area (TPSA) is 146 Å². The predicted molar refractivity (Wildman–Crippen MR) is 144 cm³/mol. The zero-order valence-corrected chi connectivity index (χ0v) is 22.2. The third kappa shape index (κ3) is 6.68. The number of rotatable bonds is 8. The number of nitrogens with two attached hydrogens (primary N) is 1. The number of anilines is 3. The van der Waals surface area contributed by atoms with Crippen LogP contribution in [0.15, 0.2) is 28.6 Å². The standard InChI is InChI=1S/C24H31ClN6O5S/c1-13(26)22(33)29-18-9-16(3-4-19(18)30-8-7-15(11-30)28-14(2)32)31-12-17(36-24(31)35)10-27-23(34)20-5-6-21(25)37-20/h3-4,6,9,13,15,17,20H,5,7-8,10-12,26H2,1-2H3,(H,27,34)(H,28,32)(H,29,33). The molecule has 0 spiro atoms. The van der Waals surface area contributed by atoms with Crippen LogP contribution in [-0.4, -0.2) is 73.4 Å². The Balaban J connectivity index is 1.45. The van der Waals surface area contributed by atoms with E-state index in [1.54, 1.807) is 25.1 Å². The van der Waals surface area contributed by atoms with Crippen LogP contribution in [0.2, 0.25) is 0 Å². The first-order valence-corrected chi connectivity index (χ1v) is 13.4. The van der Waals surface area contributed by atoms with Crippen molar-refractivity contribution in [1.82, 2.24) is 10.6 Å². The van der Waals surface area contributed by atoms with Crippen molar-refractivity contribution >= 4 is 64.2 Å². The van der Waals surface area contributed by atoms with E-state index in [2.05, 4.69) is 20.9 Å². The van der Waals surface area contributed by atoms with Crippen LogP contribution >= 0.6 is 23.4 Å². The molecular weight excluding hydrogens is 520 g/mol. The van der Waals surface area contributed by atoms with Gasteiger partial charge < -0.3 is 31.3 Å². The van der Waals surface area contributed by atoms with Gasteiger partial charge >= 0.3 is 6.09 Å². The third-order valence-electron chi connectivity index (χ3n) is 6.32.